The lowest BCUT2D eigenvalue weighted by atomic mass is 9.66. The number of rotatable bonds is 6. The Bertz CT molecular complexity index is 1500. The fourth-order valence-electron chi connectivity index (χ4n) is 5.18. The Labute approximate surface area is 225 Å². The van der Waals surface area contributed by atoms with Crippen LogP contribution in [0, 0.1) is 5.92 Å². The number of benzene rings is 3. The average Bonchev–Trinajstić information content (AvgIpc) is 3.29. The van der Waals surface area contributed by atoms with Crippen molar-refractivity contribution < 1.29 is 29.0 Å². The lowest BCUT2D eigenvalue weighted by Crippen LogP contribution is -2.49. The van der Waals surface area contributed by atoms with Crippen molar-refractivity contribution in [3.05, 3.63) is 119 Å². The summed E-state index contributed by atoms with van der Waals surface area (Å²) < 4.78 is 12.4. The zero-order chi connectivity index (χ0) is 27.6. The molecule has 5 rings (SSSR count). The summed E-state index contributed by atoms with van der Waals surface area (Å²) in [4.78, 5) is 40.3. The molecule has 0 saturated heterocycles. The first-order valence-corrected chi connectivity index (χ1v) is 12.7. The molecule has 0 fully saturated rings. The number of hydrogen-bond donors (Lipinski definition) is 1. The van der Waals surface area contributed by atoms with E-state index in [9.17, 15) is 19.5 Å². The van der Waals surface area contributed by atoms with Crippen LogP contribution in [0.25, 0.3) is 0 Å². The Morgan fingerprint density at radius 1 is 0.923 bits per heavy atom. The molecule has 0 radical (unpaired) electrons. The van der Waals surface area contributed by atoms with Crippen LogP contribution < -0.4 is 4.74 Å². The van der Waals surface area contributed by atoms with Crippen LogP contribution in [-0.2, 0) is 16.0 Å². The monoisotopic (exact) mass is 524 g/mol. The highest BCUT2D eigenvalue weighted by Gasteiger charge is 2.53. The first-order chi connectivity index (χ1) is 18.8. The smallest absolute Gasteiger partial charge is 0.344 e. The molecule has 1 aromatic heterocycles. The molecule has 0 bridgehead atoms. The number of hydrogen-bond acceptors (Lipinski definition) is 7. The molecule has 8 heteroatoms. The third-order valence-electron chi connectivity index (χ3n) is 6.91. The summed E-state index contributed by atoms with van der Waals surface area (Å²) in [7, 11) is 0. The van der Waals surface area contributed by atoms with E-state index >= 15 is 0 Å². The zero-order valence-electron chi connectivity index (χ0n) is 21.6. The van der Waals surface area contributed by atoms with Gasteiger partial charge < -0.3 is 14.6 Å². The summed E-state index contributed by atoms with van der Waals surface area (Å²) in [6.07, 6.45) is -0.0555. The van der Waals surface area contributed by atoms with E-state index < -0.39 is 35.3 Å². The molecule has 1 N–H and O–H groups in total. The van der Waals surface area contributed by atoms with Crippen LogP contribution in [0.5, 0.6) is 5.88 Å². The normalized spacial score (nSPS) is 20.1. The van der Waals surface area contributed by atoms with Crippen LogP contribution in [-0.4, -0.2) is 44.9 Å². The van der Waals surface area contributed by atoms with E-state index in [1.54, 1.807) is 74.5 Å². The van der Waals surface area contributed by atoms with Gasteiger partial charge in [0.15, 0.2) is 0 Å². The zero-order valence-corrected chi connectivity index (χ0v) is 21.6. The van der Waals surface area contributed by atoms with Gasteiger partial charge in [0.2, 0.25) is 5.88 Å². The van der Waals surface area contributed by atoms with E-state index in [-0.39, 0.29) is 24.5 Å². The van der Waals surface area contributed by atoms with Crippen molar-refractivity contribution in [3.63, 3.8) is 0 Å². The Kier molecular flexibility index (Phi) is 7.13. The molecular weight excluding hydrogens is 496 g/mol. The van der Waals surface area contributed by atoms with Gasteiger partial charge >= 0.3 is 11.9 Å². The van der Waals surface area contributed by atoms with Crippen molar-refractivity contribution in [2.24, 2.45) is 5.92 Å². The van der Waals surface area contributed by atoms with Crippen molar-refractivity contribution in [1.82, 2.24) is 9.78 Å². The van der Waals surface area contributed by atoms with Crippen LogP contribution in [0.1, 0.15) is 57.3 Å². The number of carbonyl (C=O) groups excluding carboxylic acids is 3. The van der Waals surface area contributed by atoms with Gasteiger partial charge in [0.25, 0.3) is 5.91 Å². The minimum Gasteiger partial charge on any atom is -0.466 e. The van der Waals surface area contributed by atoms with Gasteiger partial charge in [-0.25, -0.2) is 4.79 Å². The van der Waals surface area contributed by atoms with Crippen LogP contribution in [0.15, 0.2) is 91.0 Å². The first-order valence-electron chi connectivity index (χ1n) is 12.7. The number of aliphatic hydroxyl groups is 1. The molecule has 3 atom stereocenters. The fourth-order valence-corrected chi connectivity index (χ4v) is 5.18. The van der Waals surface area contributed by atoms with E-state index in [1.807, 2.05) is 30.3 Å². The molecular formula is C31H28N2O6. The minimum absolute atomic E-state index is 0.0555. The van der Waals surface area contributed by atoms with Crippen molar-refractivity contribution in [3.8, 4) is 5.88 Å². The standard InChI is InChI=1S/C31H28N2O6/c1-3-38-30(36)26-24(20-13-7-4-8-14-20)25-23(19-31(26,2)37)32-33(27(34)21-15-9-5-10-16-21)28(25)39-29(35)22-17-11-6-12-18-22/h4-18,24,26,37H,3,19H2,1-2H3/t24-,26-,31+/m1/s1. The van der Waals surface area contributed by atoms with Gasteiger partial charge in [-0.2, -0.15) is 9.78 Å². The summed E-state index contributed by atoms with van der Waals surface area (Å²) in [6, 6.07) is 26.0. The van der Waals surface area contributed by atoms with Crippen molar-refractivity contribution in [2.45, 2.75) is 31.8 Å². The average molecular weight is 525 g/mol. The summed E-state index contributed by atoms with van der Waals surface area (Å²) in [5.74, 6) is -3.74. The molecule has 3 aromatic carbocycles. The number of aromatic nitrogens is 2. The molecule has 4 aromatic rings. The Hall–Kier alpha value is -4.56. The van der Waals surface area contributed by atoms with Gasteiger partial charge in [-0.05, 0) is 43.7 Å². The SMILES string of the molecule is CCOC(=O)[C@H]1[C@H](c2ccccc2)c2c(nn(C(=O)c3ccccc3)c2OC(=O)c2ccccc2)C[C@]1(C)O. The van der Waals surface area contributed by atoms with Crippen LogP contribution in [0.4, 0.5) is 0 Å². The second-order valence-electron chi connectivity index (χ2n) is 9.66. The predicted octanol–water partition coefficient (Wildman–Crippen LogP) is 4.41. The molecule has 198 valence electrons. The molecule has 8 nitrogen and oxygen atoms in total. The molecule has 1 aliphatic carbocycles. The molecule has 0 saturated carbocycles. The van der Waals surface area contributed by atoms with Gasteiger partial charge in [0.1, 0.15) is 0 Å². The van der Waals surface area contributed by atoms with E-state index in [4.69, 9.17) is 9.47 Å². The van der Waals surface area contributed by atoms with Crippen molar-refractivity contribution in [1.29, 1.82) is 0 Å². The summed E-state index contributed by atoms with van der Waals surface area (Å²) >= 11 is 0. The van der Waals surface area contributed by atoms with E-state index in [2.05, 4.69) is 5.10 Å². The lowest BCUT2D eigenvalue weighted by Gasteiger charge is -2.40. The van der Waals surface area contributed by atoms with E-state index in [0.717, 1.165) is 4.68 Å². The number of fused-ring (bicyclic) bond motifs is 1. The highest BCUT2D eigenvalue weighted by atomic mass is 16.5. The number of esters is 2. The topological polar surface area (TPSA) is 108 Å². The van der Waals surface area contributed by atoms with Gasteiger partial charge in [0.05, 0.1) is 29.4 Å². The molecule has 1 aliphatic rings. The summed E-state index contributed by atoms with van der Waals surface area (Å²) in [5, 5.41) is 16.1. The minimum atomic E-state index is -1.56. The Morgan fingerprint density at radius 2 is 1.49 bits per heavy atom. The number of nitrogens with zero attached hydrogens (tertiary/aromatic N) is 2. The van der Waals surface area contributed by atoms with Crippen LogP contribution in [0.2, 0.25) is 0 Å². The van der Waals surface area contributed by atoms with Crippen molar-refractivity contribution >= 4 is 17.8 Å². The van der Waals surface area contributed by atoms with Crippen LogP contribution >= 0.6 is 0 Å². The summed E-state index contributed by atoms with van der Waals surface area (Å²) in [5.41, 5.74) is 0.482. The predicted molar refractivity (Wildman–Crippen MR) is 143 cm³/mol. The highest BCUT2D eigenvalue weighted by molar-refractivity contribution is 5.98. The molecule has 1 heterocycles. The molecule has 0 spiro atoms. The maximum absolute atomic E-state index is 13.7. The maximum atomic E-state index is 13.7. The Balaban J connectivity index is 1.74. The summed E-state index contributed by atoms with van der Waals surface area (Å²) in [6.45, 7) is 3.38. The highest BCUT2D eigenvalue weighted by Crippen LogP contribution is 2.49. The molecule has 39 heavy (non-hydrogen) atoms. The Morgan fingerprint density at radius 3 is 2.08 bits per heavy atom. The van der Waals surface area contributed by atoms with E-state index in [1.165, 1.54) is 0 Å². The van der Waals surface area contributed by atoms with Gasteiger partial charge in [-0.1, -0.05) is 66.7 Å². The molecule has 0 unspecified atom stereocenters. The van der Waals surface area contributed by atoms with Gasteiger partial charge in [-0.3, -0.25) is 9.59 Å². The van der Waals surface area contributed by atoms with Crippen molar-refractivity contribution in [2.75, 3.05) is 6.61 Å². The molecule has 0 aliphatic heterocycles. The van der Waals surface area contributed by atoms with Crippen LogP contribution in [0.3, 0.4) is 0 Å². The third kappa shape index (κ3) is 4.98. The maximum Gasteiger partial charge on any atom is 0.344 e. The quantitative estimate of drug-likeness (QED) is 0.372. The number of ether oxygens (including phenoxy) is 2. The van der Waals surface area contributed by atoms with Gasteiger partial charge in [-0.15, -0.1) is 0 Å². The third-order valence-corrected chi connectivity index (χ3v) is 6.91. The fraction of sp³-hybridized carbons (Fsp3) is 0.226. The lowest BCUT2D eigenvalue weighted by molar-refractivity contribution is -0.159. The number of carbonyl (C=O) groups is 3. The first kappa shape index (κ1) is 26.1. The van der Waals surface area contributed by atoms with Gasteiger partial charge in [0, 0.05) is 23.5 Å². The second kappa shape index (κ2) is 10.7. The van der Waals surface area contributed by atoms with E-state index in [0.29, 0.717) is 22.4 Å². The largest absolute Gasteiger partial charge is 0.466 e. The molecule has 0 amide bonds. The second-order valence-corrected chi connectivity index (χ2v) is 9.66.